The van der Waals surface area contributed by atoms with Crippen LogP contribution < -0.4 is 5.32 Å². The lowest BCUT2D eigenvalue weighted by Gasteiger charge is -2.07. The first kappa shape index (κ1) is 18.4. The minimum absolute atomic E-state index is 0.537. The molecule has 0 atom stereocenters. The van der Waals surface area contributed by atoms with Crippen molar-refractivity contribution >= 4 is 34.7 Å². The van der Waals surface area contributed by atoms with Gasteiger partial charge in [-0.2, -0.15) is 0 Å². The standard InChI is InChI=1S/C22H16Cl2N4/c23-19-10-9-17(13-20(19)24)14-25-21-11-12-22-26-15-18(28(22)27-21)8-4-7-16-5-2-1-3-6-16/h1-3,5-6,9-13,15H,7,14H2,(H,25,27). The van der Waals surface area contributed by atoms with E-state index in [2.05, 4.69) is 39.4 Å². The normalized spacial score (nSPS) is 10.5. The first-order valence-corrected chi connectivity index (χ1v) is 9.50. The Morgan fingerprint density at radius 2 is 1.79 bits per heavy atom. The lowest BCUT2D eigenvalue weighted by molar-refractivity contribution is 0.914. The Labute approximate surface area is 173 Å². The van der Waals surface area contributed by atoms with Gasteiger partial charge in [0.15, 0.2) is 5.65 Å². The molecule has 2 aromatic carbocycles. The topological polar surface area (TPSA) is 42.2 Å². The highest BCUT2D eigenvalue weighted by molar-refractivity contribution is 6.42. The fourth-order valence-electron chi connectivity index (χ4n) is 2.73. The van der Waals surface area contributed by atoms with Crippen molar-refractivity contribution in [2.75, 3.05) is 5.32 Å². The highest BCUT2D eigenvalue weighted by Crippen LogP contribution is 2.23. The maximum Gasteiger partial charge on any atom is 0.155 e. The van der Waals surface area contributed by atoms with E-state index in [4.69, 9.17) is 23.2 Å². The van der Waals surface area contributed by atoms with E-state index in [1.807, 2.05) is 42.5 Å². The molecule has 4 aromatic rings. The third-order valence-electron chi connectivity index (χ3n) is 4.17. The molecule has 0 saturated carbocycles. The summed E-state index contributed by atoms with van der Waals surface area (Å²) in [6.45, 7) is 0.582. The number of halogens is 2. The maximum absolute atomic E-state index is 6.07. The van der Waals surface area contributed by atoms with Gasteiger partial charge in [-0.1, -0.05) is 65.5 Å². The van der Waals surface area contributed by atoms with Crippen LogP contribution in [0.15, 0.2) is 66.9 Å². The van der Waals surface area contributed by atoms with Gasteiger partial charge in [-0.25, -0.2) is 9.50 Å². The number of benzene rings is 2. The molecule has 0 spiro atoms. The minimum atomic E-state index is 0.537. The number of aromatic nitrogens is 3. The van der Waals surface area contributed by atoms with Crippen LogP contribution in [0.5, 0.6) is 0 Å². The van der Waals surface area contributed by atoms with Crippen LogP contribution in [0.3, 0.4) is 0 Å². The SMILES string of the molecule is Clc1ccc(CNc2ccc3ncc(C#CCc4ccccc4)n3n2)cc1Cl. The lowest BCUT2D eigenvalue weighted by atomic mass is 10.1. The van der Waals surface area contributed by atoms with E-state index in [1.165, 1.54) is 5.56 Å². The summed E-state index contributed by atoms with van der Waals surface area (Å²) in [7, 11) is 0. The first-order valence-electron chi connectivity index (χ1n) is 8.74. The fourth-order valence-corrected chi connectivity index (χ4v) is 3.05. The zero-order valence-corrected chi connectivity index (χ0v) is 16.4. The van der Waals surface area contributed by atoms with Gasteiger partial charge in [0.05, 0.1) is 16.2 Å². The molecule has 0 aliphatic heterocycles. The van der Waals surface area contributed by atoms with Gasteiger partial charge in [-0.15, -0.1) is 5.10 Å². The molecule has 6 heteroatoms. The highest BCUT2D eigenvalue weighted by Gasteiger charge is 2.05. The number of nitrogens with zero attached hydrogens (tertiary/aromatic N) is 3. The summed E-state index contributed by atoms with van der Waals surface area (Å²) in [6.07, 6.45) is 2.42. The Morgan fingerprint density at radius 3 is 2.61 bits per heavy atom. The Kier molecular flexibility index (Phi) is 5.48. The number of anilines is 1. The van der Waals surface area contributed by atoms with E-state index in [1.54, 1.807) is 16.8 Å². The molecule has 138 valence electrons. The predicted molar refractivity (Wildman–Crippen MR) is 114 cm³/mol. The number of hydrogen-bond acceptors (Lipinski definition) is 3. The van der Waals surface area contributed by atoms with Gasteiger partial charge >= 0.3 is 0 Å². The molecule has 0 radical (unpaired) electrons. The Bertz CT molecular complexity index is 1170. The average molecular weight is 407 g/mol. The quantitative estimate of drug-likeness (QED) is 0.471. The molecule has 0 fully saturated rings. The zero-order valence-electron chi connectivity index (χ0n) is 14.9. The minimum Gasteiger partial charge on any atom is -0.365 e. The van der Waals surface area contributed by atoms with Crippen molar-refractivity contribution < 1.29 is 0 Å². The monoisotopic (exact) mass is 406 g/mol. The van der Waals surface area contributed by atoms with Crippen molar-refractivity contribution in [1.29, 1.82) is 0 Å². The van der Waals surface area contributed by atoms with Crippen LogP contribution in [0, 0.1) is 11.8 Å². The highest BCUT2D eigenvalue weighted by atomic mass is 35.5. The number of nitrogens with one attached hydrogen (secondary N) is 1. The van der Waals surface area contributed by atoms with Gasteiger partial charge < -0.3 is 5.32 Å². The summed E-state index contributed by atoms with van der Waals surface area (Å²) >= 11 is 12.0. The molecule has 0 aliphatic carbocycles. The molecule has 0 aliphatic rings. The van der Waals surface area contributed by atoms with E-state index < -0.39 is 0 Å². The molecule has 1 N–H and O–H groups in total. The van der Waals surface area contributed by atoms with Crippen molar-refractivity contribution in [3.05, 3.63) is 93.7 Å². The second kappa shape index (κ2) is 8.35. The second-order valence-corrected chi connectivity index (χ2v) is 7.01. The predicted octanol–water partition coefficient (Wildman–Crippen LogP) is 5.24. The number of fused-ring (bicyclic) bond motifs is 1. The van der Waals surface area contributed by atoms with E-state index in [-0.39, 0.29) is 0 Å². The molecule has 0 unspecified atom stereocenters. The molecule has 2 aromatic heterocycles. The van der Waals surface area contributed by atoms with Crippen LogP contribution in [0.1, 0.15) is 16.8 Å². The molecule has 0 saturated heterocycles. The van der Waals surface area contributed by atoms with Gasteiger partial charge in [0.2, 0.25) is 0 Å². The summed E-state index contributed by atoms with van der Waals surface area (Å²) in [5.41, 5.74) is 3.71. The molecular weight excluding hydrogens is 391 g/mol. The van der Waals surface area contributed by atoms with E-state index >= 15 is 0 Å². The van der Waals surface area contributed by atoms with Crippen LogP contribution in [-0.2, 0) is 13.0 Å². The Hall–Kier alpha value is -3.00. The number of rotatable bonds is 4. The maximum atomic E-state index is 6.07. The largest absolute Gasteiger partial charge is 0.365 e. The van der Waals surface area contributed by atoms with Crippen molar-refractivity contribution in [3.63, 3.8) is 0 Å². The van der Waals surface area contributed by atoms with Gasteiger partial charge in [0.1, 0.15) is 11.5 Å². The second-order valence-electron chi connectivity index (χ2n) is 6.20. The Balaban J connectivity index is 1.50. The Morgan fingerprint density at radius 1 is 0.929 bits per heavy atom. The van der Waals surface area contributed by atoms with E-state index in [9.17, 15) is 0 Å². The summed E-state index contributed by atoms with van der Waals surface area (Å²) in [6, 6.07) is 19.5. The molecule has 0 bridgehead atoms. The number of imidazole rings is 1. The summed E-state index contributed by atoms with van der Waals surface area (Å²) in [5, 5.41) is 8.97. The van der Waals surface area contributed by atoms with Crippen LogP contribution in [0.4, 0.5) is 5.82 Å². The fraction of sp³-hybridized carbons (Fsp3) is 0.0909. The molecule has 4 rings (SSSR count). The van der Waals surface area contributed by atoms with Gasteiger partial charge in [-0.05, 0) is 41.3 Å². The van der Waals surface area contributed by atoms with Crippen molar-refractivity contribution in [1.82, 2.24) is 14.6 Å². The molecule has 4 nitrogen and oxygen atoms in total. The molecular formula is C22H16Cl2N4. The smallest absolute Gasteiger partial charge is 0.155 e. The van der Waals surface area contributed by atoms with Crippen molar-refractivity contribution in [2.24, 2.45) is 0 Å². The molecule has 28 heavy (non-hydrogen) atoms. The number of hydrogen-bond donors (Lipinski definition) is 1. The van der Waals surface area contributed by atoms with E-state index in [0.29, 0.717) is 23.0 Å². The van der Waals surface area contributed by atoms with Crippen molar-refractivity contribution in [3.8, 4) is 11.8 Å². The molecule has 0 amide bonds. The van der Waals surface area contributed by atoms with Crippen molar-refractivity contribution in [2.45, 2.75) is 13.0 Å². The summed E-state index contributed by atoms with van der Waals surface area (Å²) < 4.78 is 1.75. The first-order chi connectivity index (χ1) is 13.7. The average Bonchev–Trinajstić information content (AvgIpc) is 3.12. The van der Waals surface area contributed by atoms with Crippen LogP contribution in [-0.4, -0.2) is 14.6 Å². The lowest BCUT2D eigenvalue weighted by Crippen LogP contribution is -2.05. The van der Waals surface area contributed by atoms with E-state index in [0.717, 1.165) is 22.7 Å². The van der Waals surface area contributed by atoms with Gasteiger partial charge in [0, 0.05) is 13.0 Å². The summed E-state index contributed by atoms with van der Waals surface area (Å²) in [5.74, 6) is 7.07. The van der Waals surface area contributed by atoms with Gasteiger partial charge in [0.25, 0.3) is 0 Å². The summed E-state index contributed by atoms with van der Waals surface area (Å²) in [4.78, 5) is 4.36. The third kappa shape index (κ3) is 4.28. The van der Waals surface area contributed by atoms with Gasteiger partial charge in [-0.3, -0.25) is 0 Å². The third-order valence-corrected chi connectivity index (χ3v) is 4.91. The van der Waals surface area contributed by atoms with Crippen LogP contribution in [0.25, 0.3) is 5.65 Å². The van der Waals surface area contributed by atoms with Crippen LogP contribution >= 0.6 is 23.2 Å². The molecule has 2 heterocycles. The zero-order chi connectivity index (χ0) is 19.3. The van der Waals surface area contributed by atoms with Crippen LogP contribution in [0.2, 0.25) is 10.0 Å².